The van der Waals surface area contributed by atoms with E-state index in [9.17, 15) is 14.3 Å². The molecule has 4 aromatic heterocycles. The first kappa shape index (κ1) is 27.4. The van der Waals surface area contributed by atoms with E-state index in [1.807, 2.05) is 25.1 Å². The third-order valence-electron chi connectivity index (χ3n) is 6.87. The number of nitrogens with one attached hydrogen (secondary N) is 1. The van der Waals surface area contributed by atoms with E-state index in [0.29, 0.717) is 33.6 Å². The van der Waals surface area contributed by atoms with Gasteiger partial charge in [0.05, 0.1) is 5.52 Å². The number of rotatable bonds is 6. The highest BCUT2D eigenvalue weighted by atomic mass is 19.1. The molecule has 0 aliphatic heterocycles. The van der Waals surface area contributed by atoms with Crippen LogP contribution in [-0.4, -0.2) is 30.9 Å². The monoisotopic (exact) mass is 575 g/mol. The maximum Gasteiger partial charge on any atom is 0.261 e. The molecule has 0 unspecified atom stereocenters. The number of halogens is 2. The highest BCUT2D eigenvalue weighted by Gasteiger charge is 2.20. The van der Waals surface area contributed by atoms with E-state index in [-0.39, 0.29) is 22.7 Å². The fraction of sp³-hybridized carbons (Fsp3) is 0.0606. The zero-order valence-corrected chi connectivity index (χ0v) is 23.0. The molecule has 6 aromatic rings. The minimum absolute atomic E-state index is 0.0836. The van der Waals surface area contributed by atoms with Gasteiger partial charge in [0.25, 0.3) is 5.91 Å². The van der Waals surface area contributed by atoms with Crippen LogP contribution in [-0.2, 0) is 0 Å². The second-order valence-corrected chi connectivity index (χ2v) is 9.73. The van der Waals surface area contributed by atoms with Gasteiger partial charge in [0.2, 0.25) is 0 Å². The number of pyridine rings is 4. The van der Waals surface area contributed by atoms with Crippen molar-refractivity contribution < 1.29 is 23.4 Å². The Balaban J connectivity index is 1.24. The average molecular weight is 576 g/mol. The number of aromatic nitrogens is 4. The number of hydrogen-bond acceptors (Lipinski definition) is 7. The lowest BCUT2D eigenvalue weighted by molar-refractivity contribution is 0.102. The molecule has 2 aromatic carbocycles. The Bertz CT molecular complexity index is 2000. The Kier molecular flexibility index (Phi) is 7.17. The van der Waals surface area contributed by atoms with Crippen LogP contribution in [0.2, 0.25) is 0 Å². The number of nitrogens with zero attached hydrogens (tertiary/aromatic N) is 4. The van der Waals surface area contributed by atoms with Gasteiger partial charge >= 0.3 is 0 Å². The molecule has 6 rings (SSSR count). The van der Waals surface area contributed by atoms with Crippen molar-refractivity contribution in [1.29, 1.82) is 0 Å². The van der Waals surface area contributed by atoms with Crippen LogP contribution in [0.15, 0.2) is 91.5 Å². The number of carbonyl (C=O) groups excluding carboxylic acids is 1. The van der Waals surface area contributed by atoms with Crippen LogP contribution in [0.25, 0.3) is 33.3 Å². The van der Waals surface area contributed by atoms with Crippen LogP contribution in [0.4, 0.5) is 14.5 Å². The number of benzene rings is 2. The highest BCUT2D eigenvalue weighted by Crippen LogP contribution is 2.36. The Morgan fingerprint density at radius 1 is 0.860 bits per heavy atom. The summed E-state index contributed by atoms with van der Waals surface area (Å²) in [7, 11) is 0. The fourth-order valence-corrected chi connectivity index (χ4v) is 4.73. The van der Waals surface area contributed by atoms with E-state index in [1.54, 1.807) is 31.6 Å². The Hall–Kier alpha value is -5.77. The minimum Gasteiger partial charge on any atom is -0.506 e. The number of anilines is 1. The lowest BCUT2D eigenvalue weighted by Gasteiger charge is -2.14. The molecule has 0 aliphatic carbocycles. The second kappa shape index (κ2) is 11.2. The maximum atomic E-state index is 15.2. The van der Waals surface area contributed by atoms with Crippen LogP contribution < -0.4 is 10.1 Å². The number of amides is 1. The molecule has 0 atom stereocenters. The molecule has 212 valence electrons. The van der Waals surface area contributed by atoms with Crippen LogP contribution in [0.1, 0.15) is 21.7 Å². The zero-order valence-electron chi connectivity index (χ0n) is 23.0. The number of aromatic hydroxyl groups is 1. The molecule has 8 nitrogen and oxygen atoms in total. The van der Waals surface area contributed by atoms with Gasteiger partial charge in [-0.05, 0) is 55.8 Å². The third-order valence-corrected chi connectivity index (χ3v) is 6.87. The summed E-state index contributed by atoms with van der Waals surface area (Å²) in [5.74, 6) is -1.97. The molecule has 0 aliphatic rings. The quantitative estimate of drug-likeness (QED) is 0.213. The van der Waals surface area contributed by atoms with Crippen molar-refractivity contribution in [2.75, 3.05) is 5.32 Å². The number of hydrogen-bond donors (Lipinski definition) is 2. The fourth-order valence-electron chi connectivity index (χ4n) is 4.73. The first-order valence-corrected chi connectivity index (χ1v) is 13.2. The van der Waals surface area contributed by atoms with Crippen molar-refractivity contribution in [2.45, 2.75) is 13.8 Å². The largest absolute Gasteiger partial charge is 0.506 e. The zero-order chi connectivity index (χ0) is 30.1. The lowest BCUT2D eigenvalue weighted by Crippen LogP contribution is -2.13. The molecule has 4 heterocycles. The minimum atomic E-state index is -0.732. The van der Waals surface area contributed by atoms with Gasteiger partial charge in [-0.15, -0.1) is 0 Å². The Morgan fingerprint density at radius 2 is 1.67 bits per heavy atom. The summed E-state index contributed by atoms with van der Waals surface area (Å²) < 4.78 is 34.5. The molecule has 1 amide bonds. The normalized spacial score (nSPS) is 11.0. The molecule has 2 N–H and O–H groups in total. The SMILES string of the molecule is Cc1nc2c(Oc3ccc(NC(=O)c4cnc(C)c(-c5ccc(F)cc5)c4O)cc3F)ccnc2cc1-c1cccnc1. The van der Waals surface area contributed by atoms with Gasteiger partial charge in [-0.2, -0.15) is 0 Å². The molecule has 0 saturated carbocycles. The predicted molar refractivity (Wildman–Crippen MR) is 158 cm³/mol. The van der Waals surface area contributed by atoms with E-state index in [0.717, 1.165) is 22.9 Å². The molecule has 0 spiro atoms. The van der Waals surface area contributed by atoms with Gasteiger partial charge in [0, 0.05) is 70.7 Å². The molecular weight excluding hydrogens is 552 g/mol. The van der Waals surface area contributed by atoms with Crippen molar-refractivity contribution in [1.82, 2.24) is 19.9 Å². The van der Waals surface area contributed by atoms with Crippen LogP contribution in [0.5, 0.6) is 17.2 Å². The van der Waals surface area contributed by atoms with Crippen molar-refractivity contribution in [3.63, 3.8) is 0 Å². The summed E-state index contributed by atoms with van der Waals surface area (Å²) in [5.41, 5.74) is 4.78. The van der Waals surface area contributed by atoms with Crippen molar-refractivity contribution >= 4 is 22.6 Å². The topological polar surface area (TPSA) is 110 Å². The molecule has 0 radical (unpaired) electrons. The van der Waals surface area contributed by atoms with E-state index in [2.05, 4.69) is 25.3 Å². The van der Waals surface area contributed by atoms with Gasteiger partial charge in [0.1, 0.15) is 22.6 Å². The highest BCUT2D eigenvalue weighted by molar-refractivity contribution is 6.07. The van der Waals surface area contributed by atoms with Crippen LogP contribution in [0, 0.1) is 25.5 Å². The van der Waals surface area contributed by atoms with Gasteiger partial charge in [-0.1, -0.05) is 18.2 Å². The molecular formula is C33H23F2N5O3. The van der Waals surface area contributed by atoms with Crippen LogP contribution >= 0.6 is 0 Å². The molecule has 43 heavy (non-hydrogen) atoms. The summed E-state index contributed by atoms with van der Waals surface area (Å²) in [5, 5.41) is 13.5. The van der Waals surface area contributed by atoms with E-state index in [4.69, 9.17) is 4.74 Å². The van der Waals surface area contributed by atoms with E-state index in [1.165, 1.54) is 42.6 Å². The first-order valence-electron chi connectivity index (χ1n) is 13.2. The standard InChI is InChI=1S/C33H23F2N5O3/c1-18-24(21-4-3-12-36-16-21)15-27-31(39-18)29(11-13-37-27)43-28-10-9-23(14-26(28)35)40-33(42)25-17-38-19(2)30(32(25)41)20-5-7-22(34)8-6-20/h3-17H,1-2H3,(H,38,41)(H,40,42). The second-order valence-electron chi connectivity index (χ2n) is 9.73. The number of carbonyl (C=O) groups is 1. The van der Waals surface area contributed by atoms with Crippen LogP contribution in [0.3, 0.4) is 0 Å². The van der Waals surface area contributed by atoms with Crippen molar-refractivity contribution in [2.24, 2.45) is 0 Å². The summed E-state index contributed by atoms with van der Waals surface area (Å²) in [6.45, 7) is 3.53. The van der Waals surface area contributed by atoms with Gasteiger partial charge in [0.15, 0.2) is 17.3 Å². The molecule has 0 bridgehead atoms. The van der Waals surface area contributed by atoms with Gasteiger partial charge < -0.3 is 15.2 Å². The Labute approximate surface area is 244 Å². The molecule has 0 fully saturated rings. The van der Waals surface area contributed by atoms with Gasteiger partial charge in [-0.3, -0.25) is 19.7 Å². The van der Waals surface area contributed by atoms with E-state index >= 15 is 4.39 Å². The van der Waals surface area contributed by atoms with Gasteiger partial charge in [-0.25, -0.2) is 13.8 Å². The maximum absolute atomic E-state index is 15.2. The predicted octanol–water partition coefficient (Wildman–Crippen LogP) is 7.40. The lowest BCUT2D eigenvalue weighted by atomic mass is 10.0. The summed E-state index contributed by atoms with van der Waals surface area (Å²) in [4.78, 5) is 30.5. The molecule has 0 saturated heterocycles. The summed E-state index contributed by atoms with van der Waals surface area (Å²) in [6, 6.07) is 16.7. The number of ether oxygens (including phenoxy) is 1. The average Bonchev–Trinajstić information content (AvgIpc) is 3.00. The first-order chi connectivity index (χ1) is 20.8. The number of fused-ring (bicyclic) bond motifs is 1. The Morgan fingerprint density at radius 3 is 2.42 bits per heavy atom. The third kappa shape index (κ3) is 5.45. The van der Waals surface area contributed by atoms with Crippen molar-refractivity contribution in [3.8, 4) is 39.5 Å². The summed E-state index contributed by atoms with van der Waals surface area (Å²) >= 11 is 0. The molecule has 10 heteroatoms. The number of aryl methyl sites for hydroxylation is 2. The smallest absolute Gasteiger partial charge is 0.261 e. The summed E-state index contributed by atoms with van der Waals surface area (Å²) in [6.07, 6.45) is 6.21. The van der Waals surface area contributed by atoms with Crippen molar-refractivity contribution in [3.05, 3.63) is 120 Å². The van der Waals surface area contributed by atoms with E-state index < -0.39 is 17.5 Å².